The minimum absolute atomic E-state index is 0.123. The maximum Gasteiger partial charge on any atom is 0.123 e. The van der Waals surface area contributed by atoms with E-state index in [1.165, 1.54) is 5.56 Å². The van der Waals surface area contributed by atoms with E-state index in [1.807, 2.05) is 34.0 Å². The Labute approximate surface area is 105 Å². The van der Waals surface area contributed by atoms with Gasteiger partial charge in [-0.05, 0) is 40.9 Å². The third kappa shape index (κ3) is 3.20. The van der Waals surface area contributed by atoms with Crippen LogP contribution in [0.25, 0.3) is 0 Å². The topological polar surface area (TPSA) is 38.5 Å². The number of ether oxygens (including phenoxy) is 1. The lowest BCUT2D eigenvalue weighted by molar-refractivity contribution is 0.199. The van der Waals surface area contributed by atoms with E-state index < -0.39 is 0 Å². The fraction of sp³-hybridized carbons (Fsp3) is 0.571. The first-order valence-corrected chi connectivity index (χ1v) is 5.87. The van der Waals surface area contributed by atoms with Crippen LogP contribution in [0.5, 0.6) is 5.75 Å². The zero-order chi connectivity index (χ0) is 13.2. The molecule has 2 N–H and O–H groups in total. The first-order chi connectivity index (χ1) is 7.77. The Bertz CT molecular complexity index is 380. The molecule has 0 bridgehead atoms. The highest BCUT2D eigenvalue weighted by Gasteiger charge is 2.31. The highest BCUT2D eigenvalue weighted by atomic mass is 16.5. The number of nitrogens with two attached hydrogens (primary N) is 1. The molecule has 0 fully saturated rings. The molecule has 1 aromatic carbocycles. The molecule has 1 aromatic rings. The molecule has 0 aliphatic rings. The smallest absolute Gasteiger partial charge is 0.123 e. The van der Waals surface area contributed by atoms with Crippen molar-refractivity contribution in [1.29, 1.82) is 0 Å². The lowest BCUT2D eigenvalue weighted by Gasteiger charge is -2.37. The quantitative estimate of drug-likeness (QED) is 0.872. The van der Waals surface area contributed by atoms with E-state index in [-0.39, 0.29) is 11.6 Å². The number of rotatable bonds is 4. The Balaban J connectivity index is 3.32. The first-order valence-electron chi connectivity index (χ1n) is 5.87. The number of hydrogen-bond acceptors (Lipinski definition) is 3. The second kappa shape index (κ2) is 5.07. The van der Waals surface area contributed by atoms with Gasteiger partial charge in [-0.15, -0.1) is 0 Å². The van der Waals surface area contributed by atoms with E-state index in [9.17, 15) is 0 Å². The van der Waals surface area contributed by atoms with E-state index in [4.69, 9.17) is 10.5 Å². The zero-order valence-corrected chi connectivity index (χ0v) is 11.7. The summed E-state index contributed by atoms with van der Waals surface area (Å²) < 4.78 is 5.44. The normalized spacial score (nSPS) is 13.9. The molecule has 0 radical (unpaired) electrons. The highest BCUT2D eigenvalue weighted by molar-refractivity contribution is 5.40. The predicted molar refractivity (Wildman–Crippen MR) is 72.4 cm³/mol. The van der Waals surface area contributed by atoms with Gasteiger partial charge in [-0.25, -0.2) is 0 Å². The van der Waals surface area contributed by atoms with Crippen LogP contribution in [0.4, 0.5) is 0 Å². The van der Waals surface area contributed by atoms with Gasteiger partial charge in [0.25, 0.3) is 0 Å². The lowest BCUT2D eigenvalue weighted by Crippen LogP contribution is -2.46. The van der Waals surface area contributed by atoms with E-state index >= 15 is 0 Å². The van der Waals surface area contributed by atoms with Gasteiger partial charge in [0.05, 0.1) is 13.2 Å². The number of benzene rings is 1. The summed E-state index contributed by atoms with van der Waals surface area (Å²) >= 11 is 0. The first kappa shape index (κ1) is 14.0. The Kier molecular flexibility index (Phi) is 4.17. The monoisotopic (exact) mass is 236 g/mol. The lowest BCUT2D eigenvalue weighted by atomic mass is 9.87. The molecule has 0 spiro atoms. The van der Waals surface area contributed by atoms with Crippen molar-refractivity contribution in [1.82, 2.24) is 4.90 Å². The zero-order valence-electron chi connectivity index (χ0n) is 11.7. The maximum absolute atomic E-state index is 6.29. The van der Waals surface area contributed by atoms with Gasteiger partial charge in [0.2, 0.25) is 0 Å². The number of nitrogens with zero attached hydrogens (tertiary/aromatic N) is 1. The Morgan fingerprint density at radius 3 is 2.29 bits per heavy atom. The van der Waals surface area contributed by atoms with Crippen molar-refractivity contribution in [3.63, 3.8) is 0 Å². The van der Waals surface area contributed by atoms with Gasteiger partial charge in [0.15, 0.2) is 0 Å². The molecule has 96 valence electrons. The molecule has 1 atom stereocenters. The van der Waals surface area contributed by atoms with Crippen LogP contribution in [0.3, 0.4) is 0 Å². The molecule has 0 aliphatic carbocycles. The van der Waals surface area contributed by atoms with Gasteiger partial charge in [0, 0.05) is 11.1 Å². The summed E-state index contributed by atoms with van der Waals surface area (Å²) in [5.74, 6) is 0.896. The van der Waals surface area contributed by atoms with Crippen LogP contribution in [0, 0.1) is 6.92 Å². The average Bonchev–Trinajstić information content (AvgIpc) is 2.15. The van der Waals surface area contributed by atoms with Crippen LogP contribution in [0.15, 0.2) is 18.2 Å². The van der Waals surface area contributed by atoms with E-state index in [0.29, 0.717) is 0 Å². The van der Waals surface area contributed by atoms with Gasteiger partial charge < -0.3 is 15.4 Å². The number of hydrogen-bond donors (Lipinski definition) is 1. The summed E-state index contributed by atoms with van der Waals surface area (Å²) in [4.78, 5) is 2.14. The number of likely N-dealkylation sites (N-methyl/N-ethyl adjacent to an activating group) is 1. The SMILES string of the molecule is COc1ccc(C)cc1C(N(C)C)C(C)(C)N. The number of aryl methyl sites for hydroxylation is 1. The highest BCUT2D eigenvalue weighted by Crippen LogP contribution is 2.35. The summed E-state index contributed by atoms with van der Waals surface area (Å²) in [6.45, 7) is 6.16. The molecule has 1 rings (SSSR count). The van der Waals surface area contributed by atoms with Crippen molar-refractivity contribution >= 4 is 0 Å². The van der Waals surface area contributed by atoms with Crippen molar-refractivity contribution in [2.24, 2.45) is 5.73 Å². The van der Waals surface area contributed by atoms with Crippen molar-refractivity contribution in [2.75, 3.05) is 21.2 Å². The average molecular weight is 236 g/mol. The summed E-state index contributed by atoms with van der Waals surface area (Å²) in [7, 11) is 5.78. The van der Waals surface area contributed by atoms with Gasteiger partial charge in [-0.2, -0.15) is 0 Å². The summed E-state index contributed by atoms with van der Waals surface area (Å²) in [5, 5.41) is 0. The van der Waals surface area contributed by atoms with Crippen molar-refractivity contribution < 1.29 is 4.74 Å². The predicted octanol–water partition coefficient (Wildman–Crippen LogP) is 2.34. The molecule has 0 aliphatic heterocycles. The molecule has 0 heterocycles. The molecule has 1 unspecified atom stereocenters. The molecule has 0 amide bonds. The molecular formula is C14H24N2O. The molecular weight excluding hydrogens is 212 g/mol. The molecule has 0 saturated carbocycles. The molecule has 17 heavy (non-hydrogen) atoms. The van der Waals surface area contributed by atoms with Gasteiger partial charge in [-0.1, -0.05) is 17.7 Å². The molecule has 3 heteroatoms. The van der Waals surface area contributed by atoms with E-state index in [2.05, 4.69) is 24.0 Å². The van der Waals surface area contributed by atoms with Gasteiger partial charge >= 0.3 is 0 Å². The number of methoxy groups -OCH3 is 1. The standard InChI is InChI=1S/C14H24N2O/c1-10-7-8-12(17-6)11(9-10)13(16(4)5)14(2,3)15/h7-9,13H,15H2,1-6H3. The van der Waals surface area contributed by atoms with Crippen molar-refractivity contribution in [3.8, 4) is 5.75 Å². The fourth-order valence-corrected chi connectivity index (χ4v) is 2.41. The van der Waals surface area contributed by atoms with Crippen LogP contribution in [-0.4, -0.2) is 31.6 Å². The third-order valence-electron chi connectivity index (χ3n) is 2.90. The fourth-order valence-electron chi connectivity index (χ4n) is 2.41. The van der Waals surface area contributed by atoms with Crippen molar-refractivity contribution in [2.45, 2.75) is 32.4 Å². The second-order valence-corrected chi connectivity index (χ2v) is 5.43. The van der Waals surface area contributed by atoms with E-state index in [1.54, 1.807) is 7.11 Å². The summed E-state index contributed by atoms with van der Waals surface area (Å²) in [6.07, 6.45) is 0. The van der Waals surface area contributed by atoms with Crippen LogP contribution >= 0.6 is 0 Å². The van der Waals surface area contributed by atoms with Crippen LogP contribution in [-0.2, 0) is 0 Å². The van der Waals surface area contributed by atoms with Crippen LogP contribution in [0.1, 0.15) is 31.0 Å². The van der Waals surface area contributed by atoms with Gasteiger partial charge in [0.1, 0.15) is 5.75 Å². The van der Waals surface area contributed by atoms with Crippen LogP contribution in [0.2, 0.25) is 0 Å². The van der Waals surface area contributed by atoms with Crippen LogP contribution < -0.4 is 10.5 Å². The molecule has 0 aromatic heterocycles. The minimum Gasteiger partial charge on any atom is -0.496 e. The molecule has 3 nitrogen and oxygen atoms in total. The summed E-state index contributed by atoms with van der Waals surface area (Å²) in [6, 6.07) is 6.33. The minimum atomic E-state index is -0.329. The second-order valence-electron chi connectivity index (χ2n) is 5.43. The Hall–Kier alpha value is -1.06. The van der Waals surface area contributed by atoms with Gasteiger partial charge in [-0.3, -0.25) is 0 Å². The van der Waals surface area contributed by atoms with Crippen molar-refractivity contribution in [3.05, 3.63) is 29.3 Å². The Morgan fingerprint density at radius 1 is 1.29 bits per heavy atom. The Morgan fingerprint density at radius 2 is 1.88 bits per heavy atom. The third-order valence-corrected chi connectivity index (χ3v) is 2.90. The summed E-state index contributed by atoms with van der Waals surface area (Å²) in [5.41, 5.74) is 8.32. The van der Waals surface area contributed by atoms with E-state index in [0.717, 1.165) is 11.3 Å². The molecule has 0 saturated heterocycles. The maximum atomic E-state index is 6.29. The largest absolute Gasteiger partial charge is 0.496 e.